The number of esters is 1. The lowest BCUT2D eigenvalue weighted by atomic mass is 10.2. The number of carbonyl (C=O) groups is 2. The highest BCUT2D eigenvalue weighted by Gasteiger charge is 2.47. The van der Waals surface area contributed by atoms with Gasteiger partial charge < -0.3 is 10.1 Å². The van der Waals surface area contributed by atoms with Gasteiger partial charge in [-0.25, -0.2) is 4.79 Å². The minimum atomic E-state index is -4.98. The number of halogens is 5. The van der Waals surface area contributed by atoms with Gasteiger partial charge in [-0.1, -0.05) is 23.2 Å². The van der Waals surface area contributed by atoms with Crippen LogP contribution in [0.5, 0.6) is 0 Å². The second-order valence-corrected chi connectivity index (χ2v) is 4.44. The fourth-order valence-corrected chi connectivity index (χ4v) is 1.77. The highest BCUT2D eigenvalue weighted by molar-refractivity contribution is 6.36. The smallest absolute Gasteiger partial charge is 0.419 e. The number of hydrogen-bond donors (Lipinski definition) is 1. The standard InChI is InChI=1S/C11H8Cl2F3NO3/c1-20-10(19)8(11(14,15)16)17-9(18)6-3-2-5(12)4-7(6)13/h2-4,8H,1H3,(H,17,18). The Morgan fingerprint density at radius 1 is 1.30 bits per heavy atom. The Bertz CT molecular complexity index is 534. The molecule has 0 radical (unpaired) electrons. The number of ether oxygens (including phenoxy) is 1. The summed E-state index contributed by atoms with van der Waals surface area (Å²) in [6.45, 7) is 0. The first-order valence-corrected chi connectivity index (χ1v) is 5.83. The molecule has 4 nitrogen and oxygen atoms in total. The molecule has 0 aliphatic heterocycles. The van der Waals surface area contributed by atoms with E-state index in [-0.39, 0.29) is 15.6 Å². The summed E-state index contributed by atoms with van der Waals surface area (Å²) >= 11 is 11.3. The second-order valence-electron chi connectivity index (χ2n) is 3.60. The van der Waals surface area contributed by atoms with Gasteiger partial charge in [0, 0.05) is 5.02 Å². The number of carbonyl (C=O) groups excluding carboxylic acids is 2. The maximum Gasteiger partial charge on any atom is 0.419 e. The molecule has 0 aromatic heterocycles. The van der Waals surface area contributed by atoms with Crippen molar-refractivity contribution in [3.05, 3.63) is 33.8 Å². The monoisotopic (exact) mass is 329 g/mol. The van der Waals surface area contributed by atoms with E-state index in [4.69, 9.17) is 23.2 Å². The van der Waals surface area contributed by atoms with Gasteiger partial charge in [0.1, 0.15) is 0 Å². The maximum absolute atomic E-state index is 12.6. The van der Waals surface area contributed by atoms with Gasteiger partial charge in [0.15, 0.2) is 0 Å². The van der Waals surface area contributed by atoms with Gasteiger partial charge in [0.05, 0.1) is 17.7 Å². The Morgan fingerprint density at radius 2 is 1.90 bits per heavy atom. The molecule has 1 N–H and O–H groups in total. The molecule has 20 heavy (non-hydrogen) atoms. The number of amides is 1. The van der Waals surface area contributed by atoms with Crippen molar-refractivity contribution in [2.24, 2.45) is 0 Å². The molecule has 0 bridgehead atoms. The van der Waals surface area contributed by atoms with Gasteiger partial charge in [-0.2, -0.15) is 13.2 Å². The van der Waals surface area contributed by atoms with Gasteiger partial charge in [-0.15, -0.1) is 0 Å². The lowest BCUT2D eigenvalue weighted by Gasteiger charge is -2.19. The average molecular weight is 330 g/mol. The number of benzene rings is 1. The maximum atomic E-state index is 12.6. The van der Waals surface area contributed by atoms with E-state index in [1.165, 1.54) is 17.4 Å². The normalized spacial score (nSPS) is 12.7. The Balaban J connectivity index is 3.00. The molecule has 1 unspecified atom stereocenters. The molecule has 1 atom stereocenters. The van der Waals surface area contributed by atoms with Crippen LogP contribution in [0.3, 0.4) is 0 Å². The second kappa shape index (κ2) is 6.32. The van der Waals surface area contributed by atoms with Crippen molar-refractivity contribution < 1.29 is 27.5 Å². The molecule has 0 aliphatic carbocycles. The Hall–Kier alpha value is -1.47. The fourth-order valence-electron chi connectivity index (χ4n) is 1.27. The van der Waals surface area contributed by atoms with Crippen LogP contribution in [0, 0.1) is 0 Å². The minimum Gasteiger partial charge on any atom is -0.467 e. The molecule has 0 spiro atoms. The first kappa shape index (κ1) is 16.6. The lowest BCUT2D eigenvalue weighted by Crippen LogP contribution is -2.51. The zero-order chi connectivity index (χ0) is 15.5. The lowest BCUT2D eigenvalue weighted by molar-refractivity contribution is -0.180. The topological polar surface area (TPSA) is 55.4 Å². The summed E-state index contributed by atoms with van der Waals surface area (Å²) in [6.07, 6.45) is -4.98. The number of nitrogens with one attached hydrogen (secondary N) is 1. The van der Waals surface area contributed by atoms with Crippen molar-refractivity contribution >= 4 is 35.1 Å². The quantitative estimate of drug-likeness (QED) is 0.867. The van der Waals surface area contributed by atoms with Crippen LogP contribution in [0.4, 0.5) is 13.2 Å². The van der Waals surface area contributed by atoms with Crippen molar-refractivity contribution in [2.75, 3.05) is 7.11 Å². The Labute approximate surface area is 121 Å². The highest BCUT2D eigenvalue weighted by Crippen LogP contribution is 2.24. The van der Waals surface area contributed by atoms with Gasteiger partial charge in [-0.05, 0) is 18.2 Å². The number of rotatable bonds is 3. The highest BCUT2D eigenvalue weighted by atomic mass is 35.5. The van der Waals surface area contributed by atoms with E-state index < -0.39 is 24.1 Å². The van der Waals surface area contributed by atoms with Crippen molar-refractivity contribution in [1.29, 1.82) is 0 Å². The van der Waals surface area contributed by atoms with Gasteiger partial charge in [0.2, 0.25) is 6.04 Å². The molecular formula is C11H8Cl2F3NO3. The summed E-state index contributed by atoms with van der Waals surface area (Å²) in [6, 6.07) is 0.846. The van der Waals surface area contributed by atoms with Gasteiger partial charge in [0.25, 0.3) is 5.91 Å². The zero-order valence-electron chi connectivity index (χ0n) is 9.92. The van der Waals surface area contributed by atoms with Crippen LogP contribution in [0.2, 0.25) is 10.0 Å². The SMILES string of the molecule is COC(=O)C(NC(=O)c1ccc(Cl)cc1Cl)C(F)(F)F. The fraction of sp³-hybridized carbons (Fsp3) is 0.273. The zero-order valence-corrected chi connectivity index (χ0v) is 11.4. The largest absolute Gasteiger partial charge is 0.467 e. The molecule has 0 saturated heterocycles. The van der Waals surface area contributed by atoms with Crippen LogP contribution in [0.25, 0.3) is 0 Å². The summed E-state index contributed by atoms with van der Waals surface area (Å²) in [4.78, 5) is 22.8. The minimum absolute atomic E-state index is 0.138. The summed E-state index contributed by atoms with van der Waals surface area (Å²) in [5.74, 6) is -2.80. The molecule has 0 aliphatic rings. The van der Waals surface area contributed by atoms with Gasteiger partial charge in [-0.3, -0.25) is 4.79 Å². The van der Waals surface area contributed by atoms with Crippen molar-refractivity contribution in [1.82, 2.24) is 5.32 Å². The van der Waals surface area contributed by atoms with E-state index in [9.17, 15) is 22.8 Å². The predicted molar refractivity (Wildman–Crippen MR) is 65.8 cm³/mol. The molecule has 1 aromatic rings. The predicted octanol–water partition coefficient (Wildman–Crippen LogP) is 2.83. The third-order valence-electron chi connectivity index (χ3n) is 2.22. The van der Waals surface area contributed by atoms with Crippen LogP contribution in [-0.2, 0) is 9.53 Å². The van der Waals surface area contributed by atoms with Crippen LogP contribution in [0.15, 0.2) is 18.2 Å². The summed E-state index contributed by atoms with van der Waals surface area (Å²) < 4.78 is 41.9. The summed E-state index contributed by atoms with van der Waals surface area (Å²) in [5, 5.41) is 1.59. The molecule has 1 amide bonds. The van der Waals surface area contributed by atoms with Crippen LogP contribution >= 0.6 is 23.2 Å². The van der Waals surface area contributed by atoms with E-state index in [1.807, 2.05) is 0 Å². The Kier molecular flexibility index (Phi) is 5.24. The molecule has 1 rings (SSSR count). The van der Waals surface area contributed by atoms with Crippen molar-refractivity contribution in [3.63, 3.8) is 0 Å². The number of hydrogen-bond acceptors (Lipinski definition) is 3. The third-order valence-corrected chi connectivity index (χ3v) is 2.76. The molecule has 9 heteroatoms. The molecular weight excluding hydrogens is 322 g/mol. The first-order chi connectivity index (χ1) is 9.16. The summed E-state index contributed by atoms with van der Waals surface area (Å²) in [5.41, 5.74) is -0.241. The van der Waals surface area contributed by atoms with E-state index in [0.717, 1.165) is 13.2 Å². The summed E-state index contributed by atoms with van der Waals surface area (Å²) in [7, 11) is 0.780. The number of methoxy groups -OCH3 is 1. The van der Waals surface area contributed by atoms with Crippen LogP contribution in [0.1, 0.15) is 10.4 Å². The molecule has 110 valence electrons. The molecule has 0 saturated carbocycles. The average Bonchev–Trinajstić information content (AvgIpc) is 2.33. The number of alkyl halides is 3. The van der Waals surface area contributed by atoms with E-state index in [0.29, 0.717) is 0 Å². The molecule has 0 heterocycles. The first-order valence-electron chi connectivity index (χ1n) is 5.07. The molecule has 0 fully saturated rings. The van der Waals surface area contributed by atoms with E-state index >= 15 is 0 Å². The van der Waals surface area contributed by atoms with Crippen molar-refractivity contribution in [3.8, 4) is 0 Å². The van der Waals surface area contributed by atoms with E-state index in [1.54, 1.807) is 0 Å². The van der Waals surface area contributed by atoms with Crippen LogP contribution < -0.4 is 5.32 Å². The Morgan fingerprint density at radius 3 is 2.35 bits per heavy atom. The van der Waals surface area contributed by atoms with Crippen molar-refractivity contribution in [2.45, 2.75) is 12.2 Å². The van der Waals surface area contributed by atoms with Crippen LogP contribution in [-0.4, -0.2) is 31.2 Å². The van der Waals surface area contributed by atoms with Gasteiger partial charge >= 0.3 is 12.1 Å². The third kappa shape index (κ3) is 4.01. The van der Waals surface area contributed by atoms with E-state index in [2.05, 4.69) is 4.74 Å². The molecule has 1 aromatic carbocycles.